The molecule has 9 atom stereocenters. The molecule has 4 aliphatic heterocycles. The minimum atomic E-state index is -1.06. The van der Waals surface area contributed by atoms with E-state index in [1.807, 2.05) is 13.8 Å². The molecule has 5 aliphatic rings. The van der Waals surface area contributed by atoms with Crippen molar-refractivity contribution in [2.75, 3.05) is 0 Å². The third kappa shape index (κ3) is 6.17. The van der Waals surface area contributed by atoms with E-state index in [1.165, 1.54) is 18.2 Å². The maximum Gasteiger partial charge on any atom is 0.333 e. The molecule has 7 rings (SSSR count). The Hall–Kier alpha value is -2.14. The van der Waals surface area contributed by atoms with Crippen molar-refractivity contribution in [3.63, 3.8) is 0 Å². The summed E-state index contributed by atoms with van der Waals surface area (Å²) in [6.07, 6.45) is 4.90. The normalized spacial score (nSPS) is 35.7. The van der Waals surface area contributed by atoms with Crippen LogP contribution in [0.3, 0.4) is 0 Å². The second-order valence-electron chi connectivity index (χ2n) is 12.2. The van der Waals surface area contributed by atoms with Crippen molar-refractivity contribution in [1.82, 2.24) is 0 Å². The average molecular weight is 698 g/mol. The van der Waals surface area contributed by atoms with Gasteiger partial charge in [0.1, 0.15) is 6.10 Å². The first-order valence-corrected chi connectivity index (χ1v) is 16.3. The van der Waals surface area contributed by atoms with Crippen LogP contribution in [0.15, 0.2) is 48.6 Å². The molecule has 2 bridgehead atoms. The van der Waals surface area contributed by atoms with E-state index in [1.54, 1.807) is 49.4 Å². The lowest BCUT2D eigenvalue weighted by Crippen LogP contribution is -2.72. The van der Waals surface area contributed by atoms with Crippen LogP contribution in [0.25, 0.3) is 12.2 Å². The molecule has 2 aromatic carbocycles. The fourth-order valence-corrected chi connectivity index (χ4v) is 8.13. The minimum absolute atomic E-state index is 0.129. The first-order valence-electron chi connectivity index (χ1n) is 14.8. The number of fused-ring (bicyclic) bond motifs is 2. The number of benzene rings is 2. The quantitative estimate of drug-likeness (QED) is 0.169. The first-order chi connectivity index (χ1) is 21.4. The van der Waals surface area contributed by atoms with Gasteiger partial charge in [-0.15, -0.1) is 0 Å². The molecule has 0 amide bonds. The fraction of sp³-hybridized carbons (Fsp3) is 0.455. The molecule has 12 heteroatoms. The van der Waals surface area contributed by atoms with Crippen LogP contribution >= 0.6 is 46.4 Å². The molecule has 0 radical (unpaired) electrons. The van der Waals surface area contributed by atoms with Gasteiger partial charge in [-0.1, -0.05) is 72.4 Å². The molecular weight excluding hydrogens is 666 g/mol. The Morgan fingerprint density at radius 3 is 1.96 bits per heavy atom. The summed E-state index contributed by atoms with van der Waals surface area (Å²) in [5.41, 5.74) is 0.0288. The van der Waals surface area contributed by atoms with Crippen molar-refractivity contribution in [3.8, 4) is 0 Å². The molecule has 0 N–H and O–H groups in total. The van der Waals surface area contributed by atoms with Gasteiger partial charge in [-0.2, -0.15) is 0 Å². The van der Waals surface area contributed by atoms with E-state index in [2.05, 4.69) is 0 Å². The summed E-state index contributed by atoms with van der Waals surface area (Å²) in [7, 11) is 0. The lowest BCUT2D eigenvalue weighted by molar-refractivity contribution is -0.577. The summed E-state index contributed by atoms with van der Waals surface area (Å²) in [5, 5.41) is 1.65. The van der Waals surface area contributed by atoms with E-state index < -0.39 is 42.0 Å². The monoisotopic (exact) mass is 696 g/mol. The molecule has 1 spiro atoms. The van der Waals surface area contributed by atoms with Gasteiger partial charge < -0.3 is 18.9 Å². The van der Waals surface area contributed by atoms with Crippen LogP contribution in [-0.4, -0.2) is 42.0 Å². The molecular formula is C33H32Cl4O8. The van der Waals surface area contributed by atoms with Gasteiger partial charge in [0, 0.05) is 67.5 Å². The van der Waals surface area contributed by atoms with E-state index in [0.717, 1.165) is 0 Å². The lowest BCUT2D eigenvalue weighted by Gasteiger charge is -2.60. The first kappa shape index (κ1) is 32.8. The molecule has 1 aliphatic carbocycles. The Kier molecular flexibility index (Phi) is 9.33. The van der Waals surface area contributed by atoms with Gasteiger partial charge in [-0.3, -0.25) is 0 Å². The van der Waals surface area contributed by atoms with Crippen LogP contribution in [0.4, 0.5) is 0 Å². The number of hydrogen-bond acceptors (Lipinski definition) is 8. The lowest BCUT2D eigenvalue weighted by atomic mass is 9.57. The highest BCUT2D eigenvalue weighted by molar-refractivity contribution is 6.37. The van der Waals surface area contributed by atoms with Crippen LogP contribution in [-0.2, 0) is 38.3 Å². The molecule has 240 valence electrons. The van der Waals surface area contributed by atoms with E-state index in [0.29, 0.717) is 50.5 Å². The number of carbonyl (C=O) groups excluding carboxylic acids is 2. The SMILES string of the molecule is C[C@@H]1[C@H](OC(=O)/C=C/c2c(Cl)cccc2Cl)C[C@H]2[C@@H](C)[C@H](OC(=O)/C=C/c3c(Cl)cccc3Cl)O[C@@H]3O[C@@]4(C)CC[C@@H]1[C@]32OO4. The number of rotatable bonds is 6. The predicted octanol–water partition coefficient (Wildman–Crippen LogP) is 8.30. The molecule has 5 fully saturated rings. The fourth-order valence-electron chi connectivity index (χ4n) is 7.08. The van der Waals surface area contributed by atoms with E-state index >= 15 is 0 Å². The Balaban J connectivity index is 1.24. The smallest absolute Gasteiger partial charge is 0.333 e. The maximum atomic E-state index is 13.1. The largest absolute Gasteiger partial charge is 0.459 e. The molecule has 0 unspecified atom stereocenters. The molecule has 2 aromatic rings. The Morgan fingerprint density at radius 2 is 1.38 bits per heavy atom. The van der Waals surface area contributed by atoms with Crippen LogP contribution in [0.2, 0.25) is 20.1 Å². The van der Waals surface area contributed by atoms with Crippen molar-refractivity contribution in [2.24, 2.45) is 23.7 Å². The maximum absolute atomic E-state index is 13.1. The average Bonchev–Trinajstić information content (AvgIpc) is 3.21. The van der Waals surface area contributed by atoms with E-state index in [-0.39, 0.29) is 23.7 Å². The summed E-state index contributed by atoms with van der Waals surface area (Å²) in [6.45, 7) is 5.73. The van der Waals surface area contributed by atoms with Crippen molar-refractivity contribution in [3.05, 3.63) is 79.8 Å². The minimum Gasteiger partial charge on any atom is -0.459 e. The predicted molar refractivity (Wildman–Crippen MR) is 169 cm³/mol. The van der Waals surface area contributed by atoms with Crippen LogP contribution < -0.4 is 0 Å². The van der Waals surface area contributed by atoms with Gasteiger partial charge in [0.15, 0.2) is 11.9 Å². The number of carbonyl (C=O) groups is 2. The van der Waals surface area contributed by atoms with Gasteiger partial charge in [0.2, 0.25) is 12.1 Å². The van der Waals surface area contributed by atoms with Crippen LogP contribution in [0, 0.1) is 23.7 Å². The van der Waals surface area contributed by atoms with Gasteiger partial charge in [-0.05, 0) is 62.1 Å². The van der Waals surface area contributed by atoms with Crippen molar-refractivity contribution >= 4 is 70.5 Å². The van der Waals surface area contributed by atoms with Gasteiger partial charge in [-0.25, -0.2) is 19.4 Å². The van der Waals surface area contributed by atoms with Crippen LogP contribution in [0.1, 0.15) is 51.2 Å². The Morgan fingerprint density at radius 1 is 0.822 bits per heavy atom. The third-order valence-corrected chi connectivity index (χ3v) is 10.8. The zero-order valence-electron chi connectivity index (χ0n) is 24.7. The van der Waals surface area contributed by atoms with Gasteiger partial charge in [0.05, 0.1) is 0 Å². The second-order valence-corrected chi connectivity index (χ2v) is 13.8. The van der Waals surface area contributed by atoms with Crippen LogP contribution in [0.5, 0.6) is 0 Å². The standard InChI is InChI=1S/C33H32Cl4O8/c1-17-21-14-15-32(3)43-31-33(21,45-44-32)22(16-27(17)40-28(38)12-10-19-23(34)6-4-7-24(19)35)18(2)30(42-31)41-29(39)13-11-20-25(36)8-5-9-26(20)37/h4-13,17-18,21-22,27,30-31H,14-16H2,1-3H3/b12-10+,13-11+/t17-,18+,21-,22-,27+,30+,31+,32+,33+/m0/s1. The zero-order chi connectivity index (χ0) is 32.1. The second kappa shape index (κ2) is 12.8. The summed E-state index contributed by atoms with van der Waals surface area (Å²) < 4.78 is 24.6. The number of hydrogen-bond donors (Lipinski definition) is 0. The molecule has 0 aromatic heterocycles. The summed E-state index contributed by atoms with van der Waals surface area (Å²) >= 11 is 25.0. The number of esters is 2. The molecule has 8 nitrogen and oxygen atoms in total. The molecule has 1 saturated carbocycles. The van der Waals surface area contributed by atoms with Crippen molar-refractivity contribution < 1.29 is 38.3 Å². The molecule has 4 heterocycles. The Bertz CT molecular complexity index is 1510. The topological polar surface area (TPSA) is 89.5 Å². The van der Waals surface area contributed by atoms with E-state index in [9.17, 15) is 9.59 Å². The zero-order valence-corrected chi connectivity index (χ0v) is 27.7. The van der Waals surface area contributed by atoms with Crippen molar-refractivity contribution in [1.29, 1.82) is 0 Å². The summed E-state index contributed by atoms with van der Waals surface area (Å²) in [6, 6.07) is 10.2. The molecule has 4 saturated heterocycles. The third-order valence-electron chi connectivity index (χ3n) is 9.46. The van der Waals surface area contributed by atoms with E-state index in [4.69, 9.17) is 75.1 Å². The summed E-state index contributed by atoms with van der Waals surface area (Å²) in [5.74, 6) is -3.21. The number of ether oxygens (including phenoxy) is 4. The van der Waals surface area contributed by atoms with Gasteiger partial charge in [0.25, 0.3) is 0 Å². The Labute approximate surface area is 281 Å². The molecule has 45 heavy (non-hydrogen) atoms. The highest BCUT2D eigenvalue weighted by Crippen LogP contribution is 2.61. The van der Waals surface area contributed by atoms with Gasteiger partial charge >= 0.3 is 11.9 Å². The highest BCUT2D eigenvalue weighted by Gasteiger charge is 2.71. The summed E-state index contributed by atoms with van der Waals surface area (Å²) in [4.78, 5) is 38.2. The number of halogens is 4. The van der Waals surface area contributed by atoms with Crippen molar-refractivity contribution in [2.45, 2.75) is 70.1 Å². The highest BCUT2D eigenvalue weighted by atomic mass is 35.5.